The molecule has 2 rings (SSSR count). The highest BCUT2D eigenvalue weighted by atomic mass is 79.9. The number of halogens is 3. The Hall–Kier alpha value is -0.540. The Labute approximate surface area is 131 Å². The fourth-order valence-corrected chi connectivity index (χ4v) is 3.09. The zero-order chi connectivity index (χ0) is 14.0. The van der Waals surface area contributed by atoms with Crippen LogP contribution in [0.4, 0.5) is 0 Å². The van der Waals surface area contributed by atoms with Crippen molar-refractivity contribution in [2.75, 3.05) is 0 Å². The summed E-state index contributed by atoms with van der Waals surface area (Å²) in [6, 6.07) is 11.6. The molecule has 0 spiro atoms. The molecule has 19 heavy (non-hydrogen) atoms. The summed E-state index contributed by atoms with van der Waals surface area (Å²) in [7, 11) is 0. The Bertz CT molecular complexity index is 599. The summed E-state index contributed by atoms with van der Waals surface area (Å²) in [5, 5.41) is 1.42. The van der Waals surface area contributed by atoms with E-state index in [9.17, 15) is 0 Å². The predicted molar refractivity (Wildman–Crippen MR) is 86.0 cm³/mol. The van der Waals surface area contributed by atoms with Gasteiger partial charge in [0.1, 0.15) is 0 Å². The lowest BCUT2D eigenvalue weighted by Crippen LogP contribution is -2.14. The lowest BCUT2D eigenvalue weighted by Gasteiger charge is -2.15. The highest BCUT2D eigenvalue weighted by Gasteiger charge is 2.13. The van der Waals surface area contributed by atoms with Crippen molar-refractivity contribution >= 4 is 39.1 Å². The number of hydrogen-bond acceptors (Lipinski definition) is 1. The maximum Gasteiger partial charge on any atom is 0.0465 e. The second-order valence-corrected chi connectivity index (χ2v) is 6.30. The van der Waals surface area contributed by atoms with Crippen LogP contribution in [0.15, 0.2) is 40.9 Å². The maximum absolute atomic E-state index is 6.23. The van der Waals surface area contributed by atoms with Gasteiger partial charge in [0.2, 0.25) is 0 Å². The molecular weight excluding hydrogens is 345 g/mol. The largest absolute Gasteiger partial charge is 0.324 e. The summed E-state index contributed by atoms with van der Waals surface area (Å²) in [6.45, 7) is 2.02. The summed E-state index contributed by atoms with van der Waals surface area (Å²) in [5.41, 5.74) is 9.34. The van der Waals surface area contributed by atoms with Crippen molar-refractivity contribution in [1.29, 1.82) is 0 Å². The predicted octanol–water partition coefficient (Wildman–Crippen LogP) is 5.31. The van der Waals surface area contributed by atoms with E-state index in [4.69, 9.17) is 28.9 Å². The van der Waals surface area contributed by atoms with Crippen LogP contribution in [0.1, 0.15) is 22.7 Å². The smallest absolute Gasteiger partial charge is 0.0465 e. The van der Waals surface area contributed by atoms with Gasteiger partial charge in [-0.15, -0.1) is 0 Å². The van der Waals surface area contributed by atoms with Crippen molar-refractivity contribution in [3.8, 4) is 0 Å². The molecule has 0 aliphatic heterocycles. The fourth-order valence-electron chi connectivity index (χ4n) is 1.97. The third-order valence-electron chi connectivity index (χ3n) is 3.01. The van der Waals surface area contributed by atoms with Crippen LogP contribution in [0.2, 0.25) is 10.0 Å². The van der Waals surface area contributed by atoms with Gasteiger partial charge in [-0.1, -0.05) is 57.3 Å². The topological polar surface area (TPSA) is 26.0 Å². The van der Waals surface area contributed by atoms with Crippen LogP contribution in [-0.4, -0.2) is 0 Å². The van der Waals surface area contributed by atoms with E-state index in [0.717, 1.165) is 26.2 Å². The average molecular weight is 359 g/mol. The summed E-state index contributed by atoms with van der Waals surface area (Å²) in [6.07, 6.45) is 0.667. The first-order valence-corrected chi connectivity index (χ1v) is 7.48. The van der Waals surface area contributed by atoms with Gasteiger partial charge in [-0.3, -0.25) is 0 Å². The standard InChI is InChI=1S/C15H14BrCl2N/c1-9-2-3-10(13(17)6-9)7-15(19)12-5-4-11(16)8-14(12)18/h2-6,8,15H,7,19H2,1H3. The number of benzene rings is 2. The minimum atomic E-state index is -0.166. The van der Waals surface area contributed by atoms with Gasteiger partial charge in [-0.2, -0.15) is 0 Å². The first-order valence-electron chi connectivity index (χ1n) is 5.93. The van der Waals surface area contributed by atoms with Gasteiger partial charge in [-0.25, -0.2) is 0 Å². The third-order valence-corrected chi connectivity index (χ3v) is 4.18. The molecule has 2 aromatic carbocycles. The van der Waals surface area contributed by atoms with Gasteiger partial charge in [-0.05, 0) is 48.2 Å². The minimum Gasteiger partial charge on any atom is -0.324 e. The van der Waals surface area contributed by atoms with E-state index in [0.29, 0.717) is 11.4 Å². The lowest BCUT2D eigenvalue weighted by molar-refractivity contribution is 0.722. The number of aryl methyl sites for hydroxylation is 1. The molecule has 2 N–H and O–H groups in total. The first kappa shape index (κ1) is 14.9. The van der Waals surface area contributed by atoms with E-state index < -0.39 is 0 Å². The van der Waals surface area contributed by atoms with Crippen molar-refractivity contribution in [3.63, 3.8) is 0 Å². The Morgan fingerprint density at radius 1 is 1.11 bits per heavy atom. The van der Waals surface area contributed by atoms with Gasteiger partial charge in [0.15, 0.2) is 0 Å². The highest BCUT2D eigenvalue weighted by Crippen LogP contribution is 2.29. The van der Waals surface area contributed by atoms with Gasteiger partial charge < -0.3 is 5.73 Å². The molecule has 100 valence electrons. The van der Waals surface area contributed by atoms with E-state index in [1.165, 1.54) is 0 Å². The molecule has 1 atom stereocenters. The molecule has 2 aromatic rings. The zero-order valence-corrected chi connectivity index (χ0v) is 13.6. The van der Waals surface area contributed by atoms with Crippen LogP contribution >= 0.6 is 39.1 Å². The van der Waals surface area contributed by atoms with Gasteiger partial charge in [0, 0.05) is 20.6 Å². The van der Waals surface area contributed by atoms with Crippen molar-refractivity contribution in [2.24, 2.45) is 5.73 Å². The molecule has 0 saturated carbocycles. The molecule has 1 unspecified atom stereocenters. The molecule has 0 aromatic heterocycles. The summed E-state index contributed by atoms with van der Waals surface area (Å²) in [4.78, 5) is 0. The van der Waals surface area contributed by atoms with Crippen molar-refractivity contribution < 1.29 is 0 Å². The van der Waals surface area contributed by atoms with E-state index >= 15 is 0 Å². The molecule has 0 radical (unpaired) electrons. The lowest BCUT2D eigenvalue weighted by atomic mass is 9.99. The van der Waals surface area contributed by atoms with Crippen molar-refractivity contribution in [2.45, 2.75) is 19.4 Å². The molecule has 0 amide bonds. The van der Waals surface area contributed by atoms with Crippen LogP contribution in [0, 0.1) is 6.92 Å². The van der Waals surface area contributed by atoms with Crippen LogP contribution in [0.3, 0.4) is 0 Å². The summed E-state index contributed by atoms with van der Waals surface area (Å²) in [5.74, 6) is 0. The second kappa shape index (κ2) is 6.27. The molecule has 1 nitrogen and oxygen atoms in total. The quantitative estimate of drug-likeness (QED) is 0.790. The first-order chi connectivity index (χ1) is 8.97. The second-order valence-electron chi connectivity index (χ2n) is 4.57. The molecule has 0 fully saturated rings. The van der Waals surface area contributed by atoms with E-state index in [-0.39, 0.29) is 6.04 Å². The number of hydrogen-bond donors (Lipinski definition) is 1. The fraction of sp³-hybridized carbons (Fsp3) is 0.200. The molecule has 4 heteroatoms. The minimum absolute atomic E-state index is 0.166. The molecular formula is C15H14BrCl2N. The van der Waals surface area contributed by atoms with Crippen molar-refractivity contribution in [3.05, 3.63) is 67.6 Å². The Morgan fingerprint density at radius 3 is 2.47 bits per heavy atom. The average Bonchev–Trinajstić information content (AvgIpc) is 2.32. The monoisotopic (exact) mass is 357 g/mol. The Morgan fingerprint density at radius 2 is 1.84 bits per heavy atom. The van der Waals surface area contributed by atoms with Gasteiger partial charge >= 0.3 is 0 Å². The molecule has 0 bridgehead atoms. The van der Waals surface area contributed by atoms with E-state index in [1.54, 1.807) is 0 Å². The molecule has 0 aliphatic carbocycles. The van der Waals surface area contributed by atoms with Gasteiger partial charge in [0.05, 0.1) is 0 Å². The molecule has 0 saturated heterocycles. The third kappa shape index (κ3) is 3.73. The highest BCUT2D eigenvalue weighted by molar-refractivity contribution is 9.10. The Kier molecular flexibility index (Phi) is 4.91. The maximum atomic E-state index is 6.23. The van der Waals surface area contributed by atoms with E-state index in [1.807, 2.05) is 43.3 Å². The van der Waals surface area contributed by atoms with Crippen molar-refractivity contribution in [1.82, 2.24) is 0 Å². The normalized spacial score (nSPS) is 12.5. The summed E-state index contributed by atoms with van der Waals surface area (Å²) < 4.78 is 0.946. The summed E-state index contributed by atoms with van der Waals surface area (Å²) >= 11 is 15.8. The van der Waals surface area contributed by atoms with Crippen LogP contribution in [0.5, 0.6) is 0 Å². The van der Waals surface area contributed by atoms with Crippen LogP contribution in [0.25, 0.3) is 0 Å². The van der Waals surface area contributed by atoms with E-state index in [2.05, 4.69) is 15.9 Å². The molecule has 0 aliphatic rings. The SMILES string of the molecule is Cc1ccc(CC(N)c2ccc(Br)cc2Cl)c(Cl)c1. The number of nitrogens with two attached hydrogens (primary N) is 1. The van der Waals surface area contributed by atoms with Crippen LogP contribution in [-0.2, 0) is 6.42 Å². The Balaban J connectivity index is 2.23. The van der Waals surface area contributed by atoms with Crippen LogP contribution < -0.4 is 5.73 Å². The molecule has 0 heterocycles. The zero-order valence-electron chi connectivity index (χ0n) is 10.5. The van der Waals surface area contributed by atoms with Gasteiger partial charge in [0.25, 0.3) is 0 Å². The number of rotatable bonds is 3.